The lowest BCUT2D eigenvalue weighted by atomic mass is 10.3. The summed E-state index contributed by atoms with van der Waals surface area (Å²) in [6.45, 7) is 3.32. The first-order valence-corrected chi connectivity index (χ1v) is 8.96. The van der Waals surface area contributed by atoms with Gasteiger partial charge >= 0.3 is 0 Å². The summed E-state index contributed by atoms with van der Waals surface area (Å²) in [5.41, 5.74) is -0.158. The van der Waals surface area contributed by atoms with E-state index < -0.39 is 21.7 Å². The number of hydrogen-bond donors (Lipinski definition) is 0. The fraction of sp³-hybridized carbons (Fsp3) is 0.125. The maximum Gasteiger partial charge on any atom is 0.264 e. The maximum atomic E-state index is 14.2. The van der Waals surface area contributed by atoms with E-state index in [1.807, 2.05) is 0 Å². The fourth-order valence-corrected chi connectivity index (χ4v) is 3.85. The van der Waals surface area contributed by atoms with Gasteiger partial charge in [0.2, 0.25) is 0 Å². The van der Waals surface area contributed by atoms with E-state index in [4.69, 9.17) is 4.74 Å². The molecule has 0 aliphatic heterocycles. The molecule has 8 heteroatoms. The van der Waals surface area contributed by atoms with Crippen LogP contribution in [0.5, 0.6) is 5.75 Å². The Morgan fingerprint density at radius 2 is 1.92 bits per heavy atom. The molecule has 24 heavy (non-hydrogen) atoms. The van der Waals surface area contributed by atoms with Gasteiger partial charge < -0.3 is 4.74 Å². The first kappa shape index (κ1) is 18.4. The van der Waals surface area contributed by atoms with Crippen LogP contribution >= 0.6 is 15.9 Å². The van der Waals surface area contributed by atoms with Gasteiger partial charge in [-0.25, -0.2) is 17.2 Å². The summed E-state index contributed by atoms with van der Waals surface area (Å²) in [7, 11) is -2.92. The van der Waals surface area contributed by atoms with Crippen LogP contribution in [0.3, 0.4) is 0 Å². The molecule has 0 saturated heterocycles. The second-order valence-electron chi connectivity index (χ2n) is 4.72. The second kappa shape index (κ2) is 7.31. The van der Waals surface area contributed by atoms with Gasteiger partial charge in [0, 0.05) is 4.47 Å². The molecule has 0 radical (unpaired) electrons. The van der Waals surface area contributed by atoms with Crippen molar-refractivity contribution < 1.29 is 21.9 Å². The predicted molar refractivity (Wildman–Crippen MR) is 91.8 cm³/mol. The number of rotatable bonds is 6. The highest BCUT2D eigenvalue weighted by Gasteiger charge is 2.27. The molecule has 0 amide bonds. The van der Waals surface area contributed by atoms with Gasteiger partial charge in [-0.1, -0.05) is 22.0 Å². The zero-order valence-corrected chi connectivity index (χ0v) is 15.1. The summed E-state index contributed by atoms with van der Waals surface area (Å²) in [5.74, 6) is -1.64. The normalized spacial score (nSPS) is 11.2. The Hall–Kier alpha value is -1.93. The monoisotopic (exact) mass is 417 g/mol. The summed E-state index contributed by atoms with van der Waals surface area (Å²) < 4.78 is 59.7. The van der Waals surface area contributed by atoms with Gasteiger partial charge in [0.1, 0.15) is 5.82 Å². The first-order chi connectivity index (χ1) is 11.3. The Morgan fingerprint density at radius 3 is 2.46 bits per heavy atom. The largest absolute Gasteiger partial charge is 0.494 e. The van der Waals surface area contributed by atoms with Gasteiger partial charge in [-0.05, 0) is 36.4 Å². The first-order valence-electron chi connectivity index (χ1n) is 6.73. The van der Waals surface area contributed by atoms with Crippen LogP contribution in [0.1, 0.15) is 0 Å². The van der Waals surface area contributed by atoms with E-state index in [1.54, 1.807) is 0 Å². The summed E-state index contributed by atoms with van der Waals surface area (Å²) in [5, 5.41) is 0. The van der Waals surface area contributed by atoms with Crippen LogP contribution < -0.4 is 9.04 Å². The van der Waals surface area contributed by atoms with Crippen molar-refractivity contribution in [1.82, 2.24) is 0 Å². The van der Waals surface area contributed by atoms with E-state index >= 15 is 0 Å². The molecule has 0 N–H and O–H groups in total. The molecule has 4 nitrogen and oxygen atoms in total. The molecule has 0 aliphatic carbocycles. The molecular formula is C16H14BrF2NO3S. The topological polar surface area (TPSA) is 46.6 Å². The molecule has 0 heterocycles. The summed E-state index contributed by atoms with van der Waals surface area (Å²) in [6, 6.07) is 7.21. The van der Waals surface area contributed by atoms with Crippen LogP contribution in [-0.4, -0.2) is 22.1 Å². The minimum Gasteiger partial charge on any atom is -0.494 e. The number of hydrogen-bond acceptors (Lipinski definition) is 3. The zero-order valence-electron chi connectivity index (χ0n) is 12.7. The lowest BCUT2D eigenvalue weighted by Crippen LogP contribution is -2.32. The Labute approximate surface area is 147 Å². The third-order valence-electron chi connectivity index (χ3n) is 3.18. The molecular weight excluding hydrogens is 404 g/mol. The lowest BCUT2D eigenvalue weighted by Gasteiger charge is -2.24. The summed E-state index contributed by atoms with van der Waals surface area (Å²) in [6.07, 6.45) is 1.32. The second-order valence-corrected chi connectivity index (χ2v) is 7.49. The SMILES string of the molecule is C=CCN(c1ccc(Br)cc1F)S(=O)(=O)c1ccc(OC)c(F)c1. The minimum absolute atomic E-state index is 0.0842. The van der Waals surface area contributed by atoms with E-state index in [2.05, 4.69) is 22.5 Å². The standard InChI is InChI=1S/C16H14BrF2NO3S/c1-3-8-20(15-6-4-11(17)9-13(15)18)24(21,22)12-5-7-16(23-2)14(19)10-12/h3-7,9-10H,1,8H2,2H3. The van der Waals surface area contributed by atoms with Gasteiger partial charge in [-0.15, -0.1) is 6.58 Å². The van der Waals surface area contributed by atoms with Crippen molar-refractivity contribution in [1.29, 1.82) is 0 Å². The summed E-state index contributed by atoms with van der Waals surface area (Å²) >= 11 is 3.11. The number of anilines is 1. The quantitative estimate of drug-likeness (QED) is 0.664. The van der Waals surface area contributed by atoms with Gasteiger partial charge in [0.05, 0.1) is 24.2 Å². The zero-order chi connectivity index (χ0) is 17.9. The molecule has 2 aromatic rings. The van der Waals surface area contributed by atoms with Crippen LogP contribution in [0.15, 0.2) is 58.4 Å². The molecule has 0 atom stereocenters. The van der Waals surface area contributed by atoms with Crippen LogP contribution in [0, 0.1) is 11.6 Å². The smallest absolute Gasteiger partial charge is 0.264 e. The average Bonchev–Trinajstić information content (AvgIpc) is 2.53. The molecule has 0 aliphatic rings. The molecule has 128 valence electrons. The minimum atomic E-state index is -4.19. The Bertz CT molecular complexity index is 872. The highest BCUT2D eigenvalue weighted by atomic mass is 79.9. The third-order valence-corrected chi connectivity index (χ3v) is 5.45. The average molecular weight is 418 g/mol. The van der Waals surface area contributed by atoms with Gasteiger partial charge in [0.25, 0.3) is 10.0 Å². The molecule has 2 rings (SSSR count). The molecule has 2 aromatic carbocycles. The van der Waals surface area contributed by atoms with Crippen molar-refractivity contribution in [3.05, 3.63) is 65.2 Å². The Balaban J connectivity index is 2.57. The number of sulfonamides is 1. The maximum absolute atomic E-state index is 14.2. The van der Waals surface area contributed by atoms with Crippen molar-refractivity contribution >= 4 is 31.6 Å². The molecule has 0 spiro atoms. The van der Waals surface area contributed by atoms with E-state index in [0.29, 0.717) is 4.47 Å². The van der Waals surface area contributed by atoms with E-state index in [0.717, 1.165) is 16.4 Å². The highest BCUT2D eigenvalue weighted by molar-refractivity contribution is 9.10. The highest BCUT2D eigenvalue weighted by Crippen LogP contribution is 2.30. The molecule has 0 bridgehead atoms. The Kier molecular flexibility index (Phi) is 5.61. The molecule has 0 aromatic heterocycles. The molecule has 0 fully saturated rings. The van der Waals surface area contributed by atoms with Gasteiger partial charge in [0.15, 0.2) is 11.6 Å². The van der Waals surface area contributed by atoms with Crippen LogP contribution in [-0.2, 0) is 10.0 Å². The summed E-state index contributed by atoms with van der Waals surface area (Å²) in [4.78, 5) is -0.315. The number of halogens is 3. The fourth-order valence-electron chi connectivity index (χ4n) is 2.06. The third kappa shape index (κ3) is 3.59. The van der Waals surface area contributed by atoms with Gasteiger partial charge in [-0.2, -0.15) is 0 Å². The molecule has 0 saturated carbocycles. The van der Waals surface area contributed by atoms with Crippen molar-refractivity contribution in [3.8, 4) is 5.75 Å². The number of ether oxygens (including phenoxy) is 1. The Morgan fingerprint density at radius 1 is 1.21 bits per heavy atom. The van der Waals surface area contributed by atoms with Crippen molar-refractivity contribution in [2.24, 2.45) is 0 Å². The van der Waals surface area contributed by atoms with Crippen molar-refractivity contribution in [2.75, 3.05) is 18.0 Å². The van der Waals surface area contributed by atoms with Crippen molar-refractivity contribution in [2.45, 2.75) is 4.90 Å². The lowest BCUT2D eigenvalue weighted by molar-refractivity contribution is 0.385. The van der Waals surface area contributed by atoms with Crippen LogP contribution in [0.2, 0.25) is 0 Å². The predicted octanol–water partition coefficient (Wildman–Crippen LogP) is 4.12. The van der Waals surface area contributed by atoms with E-state index in [-0.39, 0.29) is 22.9 Å². The number of nitrogens with zero attached hydrogens (tertiary/aromatic N) is 1. The van der Waals surface area contributed by atoms with E-state index in [1.165, 1.54) is 37.5 Å². The van der Waals surface area contributed by atoms with Gasteiger partial charge in [-0.3, -0.25) is 4.31 Å². The number of methoxy groups -OCH3 is 1. The number of benzene rings is 2. The van der Waals surface area contributed by atoms with Crippen LogP contribution in [0.4, 0.5) is 14.5 Å². The van der Waals surface area contributed by atoms with Crippen LogP contribution in [0.25, 0.3) is 0 Å². The molecule has 0 unspecified atom stereocenters. The van der Waals surface area contributed by atoms with E-state index in [9.17, 15) is 17.2 Å². The van der Waals surface area contributed by atoms with Crippen molar-refractivity contribution in [3.63, 3.8) is 0 Å².